The predicted octanol–water partition coefficient (Wildman–Crippen LogP) is 5.99. The molecule has 2 heterocycles. The first kappa shape index (κ1) is 25.5. The molecule has 3 aromatic rings. The first-order chi connectivity index (χ1) is 18.4. The quantitative estimate of drug-likeness (QED) is 0.289. The highest BCUT2D eigenvalue weighted by Crippen LogP contribution is 2.31. The van der Waals surface area contributed by atoms with Gasteiger partial charge in [-0.15, -0.1) is 0 Å². The molecule has 7 nitrogen and oxygen atoms in total. The molecule has 0 fully saturated rings. The zero-order valence-electron chi connectivity index (χ0n) is 21.5. The Bertz CT molecular complexity index is 1490. The zero-order chi connectivity index (χ0) is 26.6. The number of fused-ring (bicyclic) bond motifs is 1. The van der Waals surface area contributed by atoms with Gasteiger partial charge in [-0.3, -0.25) is 10.2 Å². The van der Waals surface area contributed by atoms with Crippen molar-refractivity contribution in [1.29, 1.82) is 5.41 Å². The molecule has 192 valence electrons. The van der Waals surface area contributed by atoms with E-state index in [9.17, 15) is 4.79 Å². The van der Waals surface area contributed by atoms with Crippen LogP contribution >= 0.6 is 11.8 Å². The third-order valence-electron chi connectivity index (χ3n) is 6.06. The van der Waals surface area contributed by atoms with Gasteiger partial charge in [0.1, 0.15) is 29.8 Å². The lowest BCUT2D eigenvalue weighted by atomic mass is 10.1. The number of thioether (sulfide) groups is 1. The van der Waals surface area contributed by atoms with E-state index in [1.165, 1.54) is 27.9 Å². The van der Waals surface area contributed by atoms with E-state index in [0.29, 0.717) is 29.2 Å². The van der Waals surface area contributed by atoms with Crippen molar-refractivity contribution >= 4 is 39.8 Å². The number of carbonyl (C=O) groups is 1. The van der Waals surface area contributed by atoms with Crippen LogP contribution in [0.15, 0.2) is 82.4 Å². The Morgan fingerprint density at radius 3 is 2.47 bits per heavy atom. The van der Waals surface area contributed by atoms with Gasteiger partial charge in [0, 0.05) is 5.56 Å². The topological polar surface area (TPSA) is 87.3 Å². The normalized spacial score (nSPS) is 15.9. The summed E-state index contributed by atoms with van der Waals surface area (Å²) in [5.41, 5.74) is 5.39. The van der Waals surface area contributed by atoms with Gasteiger partial charge >= 0.3 is 0 Å². The highest BCUT2D eigenvalue weighted by Gasteiger charge is 2.36. The first-order valence-corrected chi connectivity index (χ1v) is 13.2. The number of carbonyl (C=O) groups excluding carboxylic acids is 1. The molecule has 8 heteroatoms. The summed E-state index contributed by atoms with van der Waals surface area (Å²) in [5.74, 6) is 1.03. The molecule has 0 radical (unpaired) electrons. The number of aryl methyl sites for hydroxylation is 3. The molecule has 0 saturated heterocycles. The molecule has 5 rings (SSSR count). The molecule has 0 aromatic heterocycles. The van der Waals surface area contributed by atoms with Gasteiger partial charge in [-0.05, 0) is 79.1 Å². The van der Waals surface area contributed by atoms with E-state index < -0.39 is 5.91 Å². The largest absolute Gasteiger partial charge is 0.490 e. The standard InChI is InChI=1S/C30H28N4O3S/c1-4-21-14-20(3)15-25(16-21)37-13-12-36-24-7-5-6-22(17-24)18-26-27(31)34-30(32-28(26)35)38-29(33-34)23-10-8-19(2)9-11-23/h5-11,14-18,31H,4,12-13H2,1-3H3/b26-18-,31-27?. The number of hydrazone groups is 1. The molecule has 38 heavy (non-hydrogen) atoms. The van der Waals surface area contributed by atoms with Crippen LogP contribution in [0, 0.1) is 19.3 Å². The van der Waals surface area contributed by atoms with Crippen molar-refractivity contribution < 1.29 is 14.3 Å². The molecule has 3 aromatic carbocycles. The first-order valence-electron chi connectivity index (χ1n) is 12.4. The maximum Gasteiger partial charge on any atom is 0.283 e. The van der Waals surface area contributed by atoms with Crippen LogP contribution in [0.25, 0.3) is 6.08 Å². The minimum absolute atomic E-state index is 0.000985. The molecule has 0 saturated carbocycles. The van der Waals surface area contributed by atoms with Crippen LogP contribution in [0.1, 0.15) is 34.7 Å². The monoisotopic (exact) mass is 524 g/mol. The van der Waals surface area contributed by atoms with Crippen LogP contribution in [-0.2, 0) is 11.2 Å². The number of amidine groups is 2. The van der Waals surface area contributed by atoms with Crippen LogP contribution in [-0.4, -0.2) is 40.2 Å². The van der Waals surface area contributed by atoms with Crippen molar-refractivity contribution in [3.63, 3.8) is 0 Å². The lowest BCUT2D eigenvalue weighted by molar-refractivity contribution is -0.114. The van der Waals surface area contributed by atoms with Crippen molar-refractivity contribution in [2.45, 2.75) is 27.2 Å². The fourth-order valence-corrected chi connectivity index (χ4v) is 4.99. The van der Waals surface area contributed by atoms with Gasteiger partial charge < -0.3 is 9.47 Å². The molecular formula is C30H28N4O3S. The maximum absolute atomic E-state index is 12.8. The van der Waals surface area contributed by atoms with Crippen molar-refractivity contribution in [1.82, 2.24) is 5.01 Å². The van der Waals surface area contributed by atoms with Crippen molar-refractivity contribution in [2.24, 2.45) is 10.1 Å². The van der Waals surface area contributed by atoms with Gasteiger partial charge in [0.05, 0.1) is 5.57 Å². The van der Waals surface area contributed by atoms with E-state index in [2.05, 4.69) is 36.1 Å². The van der Waals surface area contributed by atoms with Crippen LogP contribution in [0.2, 0.25) is 0 Å². The Hall–Kier alpha value is -4.17. The number of hydrogen-bond acceptors (Lipinski definition) is 6. The van der Waals surface area contributed by atoms with E-state index in [4.69, 9.17) is 14.9 Å². The molecule has 1 amide bonds. The summed E-state index contributed by atoms with van der Waals surface area (Å²) in [5, 5.41) is 15.7. The van der Waals surface area contributed by atoms with Crippen molar-refractivity contribution in [3.8, 4) is 11.5 Å². The number of hydrogen-bond donors (Lipinski definition) is 1. The van der Waals surface area contributed by atoms with Crippen molar-refractivity contribution in [2.75, 3.05) is 13.2 Å². The fourth-order valence-electron chi connectivity index (χ4n) is 4.10. The second-order valence-corrected chi connectivity index (χ2v) is 10.0. The molecule has 0 spiro atoms. The summed E-state index contributed by atoms with van der Waals surface area (Å²) >= 11 is 1.29. The number of nitrogens with one attached hydrogen (secondary N) is 1. The smallest absolute Gasteiger partial charge is 0.283 e. The number of benzene rings is 3. The number of amides is 1. The molecule has 1 N–H and O–H groups in total. The minimum Gasteiger partial charge on any atom is -0.490 e. The summed E-state index contributed by atoms with van der Waals surface area (Å²) < 4.78 is 11.8. The average molecular weight is 525 g/mol. The lowest BCUT2D eigenvalue weighted by Crippen LogP contribution is -2.35. The van der Waals surface area contributed by atoms with E-state index in [0.717, 1.165) is 28.9 Å². The molecule has 0 aliphatic carbocycles. The summed E-state index contributed by atoms with van der Waals surface area (Å²) in [7, 11) is 0. The Kier molecular flexibility index (Phi) is 7.42. The second kappa shape index (κ2) is 11.1. The Morgan fingerprint density at radius 1 is 0.947 bits per heavy atom. The number of aliphatic imine (C=N–C) groups is 1. The summed E-state index contributed by atoms with van der Waals surface area (Å²) in [4.78, 5) is 17.0. The van der Waals surface area contributed by atoms with E-state index in [1.807, 2.05) is 61.5 Å². The van der Waals surface area contributed by atoms with Crippen LogP contribution < -0.4 is 9.47 Å². The van der Waals surface area contributed by atoms with Gasteiger partial charge in [0.15, 0.2) is 5.84 Å². The molecule has 2 aliphatic rings. The van der Waals surface area contributed by atoms with Gasteiger partial charge in [-0.2, -0.15) is 15.1 Å². The number of ether oxygens (including phenoxy) is 2. The zero-order valence-corrected chi connectivity index (χ0v) is 22.3. The lowest BCUT2D eigenvalue weighted by Gasteiger charge is -2.20. The number of nitrogens with zero attached hydrogens (tertiary/aromatic N) is 3. The van der Waals surface area contributed by atoms with Gasteiger partial charge in [0.2, 0.25) is 5.17 Å². The Morgan fingerprint density at radius 2 is 1.71 bits per heavy atom. The molecule has 0 bridgehead atoms. The molecule has 0 unspecified atom stereocenters. The van der Waals surface area contributed by atoms with Crippen LogP contribution in [0.3, 0.4) is 0 Å². The second-order valence-electron chi connectivity index (χ2n) is 9.07. The van der Waals surface area contributed by atoms with Crippen molar-refractivity contribution in [3.05, 3.63) is 100 Å². The third-order valence-corrected chi connectivity index (χ3v) is 7.02. The molecular weight excluding hydrogens is 496 g/mol. The summed E-state index contributed by atoms with van der Waals surface area (Å²) in [6, 6.07) is 21.6. The minimum atomic E-state index is -0.460. The fraction of sp³-hybridized carbons (Fsp3) is 0.200. The average Bonchev–Trinajstić information content (AvgIpc) is 3.33. The van der Waals surface area contributed by atoms with Gasteiger partial charge in [0.25, 0.3) is 5.91 Å². The highest BCUT2D eigenvalue weighted by molar-refractivity contribution is 8.27. The summed E-state index contributed by atoms with van der Waals surface area (Å²) in [6.07, 6.45) is 2.61. The maximum atomic E-state index is 12.8. The molecule has 2 aliphatic heterocycles. The van der Waals surface area contributed by atoms with Gasteiger partial charge in [-0.25, -0.2) is 0 Å². The van der Waals surface area contributed by atoms with E-state index in [-0.39, 0.29) is 11.4 Å². The predicted molar refractivity (Wildman–Crippen MR) is 153 cm³/mol. The SMILES string of the molecule is CCc1cc(C)cc(OCCOc2cccc(/C=C3/C(=N)N4N=C(c5ccc(C)cc5)SC4=NC3=O)c2)c1. The van der Waals surface area contributed by atoms with Crippen LogP contribution in [0.5, 0.6) is 11.5 Å². The highest BCUT2D eigenvalue weighted by atomic mass is 32.2. The Balaban J connectivity index is 1.25. The van der Waals surface area contributed by atoms with E-state index in [1.54, 1.807) is 6.08 Å². The van der Waals surface area contributed by atoms with E-state index >= 15 is 0 Å². The number of rotatable bonds is 8. The third kappa shape index (κ3) is 5.70. The Labute approximate surface area is 226 Å². The van der Waals surface area contributed by atoms with Crippen LogP contribution in [0.4, 0.5) is 0 Å². The van der Waals surface area contributed by atoms with Gasteiger partial charge in [-0.1, -0.05) is 55.0 Å². The molecule has 0 atom stereocenters. The summed E-state index contributed by atoms with van der Waals surface area (Å²) in [6.45, 7) is 6.99.